The highest BCUT2D eigenvalue weighted by Crippen LogP contribution is 2.05. The Morgan fingerprint density at radius 1 is 1.89 bits per heavy atom. The zero-order valence-corrected chi connectivity index (χ0v) is 5.11. The van der Waals surface area contributed by atoms with Gasteiger partial charge in [0, 0.05) is 4.92 Å². The summed E-state index contributed by atoms with van der Waals surface area (Å²) in [5.41, 5.74) is 0. The minimum absolute atomic E-state index is 0.212. The zero-order chi connectivity index (χ0) is 6.85. The normalized spacial score (nSPS) is 28.8. The fourth-order valence-electron chi connectivity index (χ4n) is 0.737. The minimum atomic E-state index is -0.634. The summed E-state index contributed by atoms with van der Waals surface area (Å²) < 4.78 is 4.81. The van der Waals surface area contributed by atoms with E-state index in [9.17, 15) is 10.1 Å². The molecule has 1 saturated heterocycles. The molecule has 0 unspecified atom stereocenters. The Labute approximate surface area is 52.4 Å². The van der Waals surface area contributed by atoms with E-state index in [1.165, 1.54) is 0 Å². The fraction of sp³-hybridized carbons (Fsp3) is 1.00. The molecule has 0 aliphatic carbocycles. The first-order valence-corrected chi connectivity index (χ1v) is 2.63. The van der Waals surface area contributed by atoms with Crippen LogP contribution in [0.4, 0.5) is 0 Å². The minimum Gasteiger partial charge on any atom is -0.357 e. The second kappa shape index (κ2) is 2.28. The van der Waals surface area contributed by atoms with E-state index in [0.29, 0.717) is 6.73 Å². The maximum atomic E-state index is 10.1. The van der Waals surface area contributed by atoms with Crippen LogP contribution in [-0.4, -0.2) is 36.4 Å². The lowest BCUT2D eigenvalue weighted by Gasteiger charge is -2.06. The molecule has 0 spiro atoms. The van der Waals surface area contributed by atoms with Crippen LogP contribution in [0, 0.1) is 10.1 Å². The van der Waals surface area contributed by atoms with Crippen molar-refractivity contribution in [2.24, 2.45) is 0 Å². The standard InChI is InChI=1S/C4H8N2O3/c1-5-3-9-2-4(5)6(7)8/h4H,2-3H2,1H3/t4-/m1/s1. The number of nitro groups is 1. The van der Waals surface area contributed by atoms with Gasteiger partial charge in [-0.1, -0.05) is 0 Å². The Morgan fingerprint density at radius 2 is 2.56 bits per heavy atom. The van der Waals surface area contributed by atoms with Crippen LogP contribution in [0.1, 0.15) is 0 Å². The van der Waals surface area contributed by atoms with Crippen molar-refractivity contribution in [3.63, 3.8) is 0 Å². The summed E-state index contributed by atoms with van der Waals surface area (Å²) in [6.07, 6.45) is -0.634. The highest BCUT2D eigenvalue weighted by molar-refractivity contribution is 4.58. The molecule has 1 aliphatic heterocycles. The average Bonchev–Trinajstić information content (AvgIpc) is 2.13. The van der Waals surface area contributed by atoms with Gasteiger partial charge in [-0.2, -0.15) is 0 Å². The molecule has 1 heterocycles. The molecule has 0 radical (unpaired) electrons. The lowest BCUT2D eigenvalue weighted by Crippen LogP contribution is -2.33. The second-order valence-electron chi connectivity index (χ2n) is 2.02. The molecule has 5 nitrogen and oxygen atoms in total. The second-order valence-corrected chi connectivity index (χ2v) is 2.02. The van der Waals surface area contributed by atoms with Crippen molar-refractivity contribution in [3.05, 3.63) is 10.1 Å². The van der Waals surface area contributed by atoms with Crippen LogP contribution in [-0.2, 0) is 4.74 Å². The van der Waals surface area contributed by atoms with Gasteiger partial charge in [0.2, 0.25) is 0 Å². The Kier molecular flexibility index (Phi) is 1.63. The first-order chi connectivity index (χ1) is 4.22. The first-order valence-electron chi connectivity index (χ1n) is 2.63. The number of hydrogen-bond donors (Lipinski definition) is 0. The summed E-state index contributed by atoms with van der Waals surface area (Å²) >= 11 is 0. The molecule has 1 atom stereocenters. The largest absolute Gasteiger partial charge is 0.357 e. The fourth-order valence-corrected chi connectivity index (χ4v) is 0.737. The van der Waals surface area contributed by atoms with Gasteiger partial charge in [0.1, 0.15) is 13.3 Å². The SMILES string of the molecule is CN1COC[C@H]1[N+](=O)[O-]. The number of likely N-dealkylation sites (N-methyl/N-ethyl adjacent to an activating group) is 1. The monoisotopic (exact) mass is 132 g/mol. The van der Waals surface area contributed by atoms with Gasteiger partial charge >= 0.3 is 0 Å². The Balaban J connectivity index is 2.49. The van der Waals surface area contributed by atoms with Gasteiger partial charge in [0.25, 0.3) is 6.17 Å². The molecule has 1 aliphatic rings. The predicted octanol–water partition coefficient (Wildman–Crippen LogP) is -0.491. The molecule has 0 saturated carbocycles. The Bertz CT molecular complexity index is 127. The summed E-state index contributed by atoms with van der Waals surface area (Å²) in [5.74, 6) is 0. The van der Waals surface area contributed by atoms with E-state index in [-0.39, 0.29) is 11.5 Å². The molecule has 9 heavy (non-hydrogen) atoms. The summed E-state index contributed by atoms with van der Waals surface area (Å²) in [5, 5.41) is 10.1. The van der Waals surface area contributed by atoms with Crippen LogP contribution in [0.25, 0.3) is 0 Å². The van der Waals surface area contributed by atoms with Crippen LogP contribution < -0.4 is 0 Å². The van der Waals surface area contributed by atoms with E-state index in [1.54, 1.807) is 11.9 Å². The Hall–Kier alpha value is -0.680. The maximum absolute atomic E-state index is 10.1. The lowest BCUT2D eigenvalue weighted by molar-refractivity contribution is -0.541. The van der Waals surface area contributed by atoms with Crippen molar-refractivity contribution in [1.29, 1.82) is 0 Å². The van der Waals surface area contributed by atoms with Gasteiger partial charge in [-0.15, -0.1) is 0 Å². The van der Waals surface area contributed by atoms with Gasteiger partial charge in [-0.25, -0.2) is 4.90 Å². The third-order valence-electron chi connectivity index (χ3n) is 1.31. The van der Waals surface area contributed by atoms with Gasteiger partial charge in [0.05, 0.1) is 0 Å². The molecular formula is C4H8N2O3. The molecule has 1 fully saturated rings. The van der Waals surface area contributed by atoms with Crippen molar-refractivity contribution < 1.29 is 9.66 Å². The molecule has 0 aromatic heterocycles. The molecule has 0 amide bonds. The molecular weight excluding hydrogens is 124 g/mol. The van der Waals surface area contributed by atoms with E-state index in [4.69, 9.17) is 4.74 Å². The van der Waals surface area contributed by atoms with Crippen LogP contribution in [0.5, 0.6) is 0 Å². The lowest BCUT2D eigenvalue weighted by atomic mass is 10.5. The van der Waals surface area contributed by atoms with Gasteiger partial charge < -0.3 is 4.74 Å². The van der Waals surface area contributed by atoms with E-state index >= 15 is 0 Å². The van der Waals surface area contributed by atoms with E-state index in [0.717, 1.165) is 0 Å². The maximum Gasteiger partial charge on any atom is 0.293 e. The summed E-state index contributed by atoms with van der Waals surface area (Å²) in [6.45, 7) is 0.579. The Morgan fingerprint density at radius 3 is 2.78 bits per heavy atom. The van der Waals surface area contributed by atoms with Gasteiger partial charge in [-0.3, -0.25) is 10.1 Å². The smallest absolute Gasteiger partial charge is 0.293 e. The molecule has 0 N–H and O–H groups in total. The van der Waals surface area contributed by atoms with E-state index < -0.39 is 6.17 Å². The molecule has 0 aromatic carbocycles. The van der Waals surface area contributed by atoms with Crippen molar-refractivity contribution in [3.8, 4) is 0 Å². The third-order valence-corrected chi connectivity index (χ3v) is 1.31. The molecule has 1 rings (SSSR count). The molecule has 5 heteroatoms. The zero-order valence-electron chi connectivity index (χ0n) is 5.11. The first kappa shape index (κ1) is 6.44. The van der Waals surface area contributed by atoms with Crippen LogP contribution in [0.15, 0.2) is 0 Å². The number of rotatable bonds is 1. The summed E-state index contributed by atoms with van der Waals surface area (Å²) in [6, 6.07) is 0. The molecule has 0 aromatic rings. The van der Waals surface area contributed by atoms with Crippen molar-refractivity contribution in [2.45, 2.75) is 6.17 Å². The van der Waals surface area contributed by atoms with Crippen LogP contribution >= 0.6 is 0 Å². The number of nitrogens with zero attached hydrogens (tertiary/aromatic N) is 2. The number of ether oxygens (including phenoxy) is 1. The highest BCUT2D eigenvalue weighted by atomic mass is 16.6. The van der Waals surface area contributed by atoms with E-state index in [2.05, 4.69) is 0 Å². The van der Waals surface area contributed by atoms with Crippen molar-refractivity contribution in [2.75, 3.05) is 20.4 Å². The predicted molar refractivity (Wildman–Crippen MR) is 29.4 cm³/mol. The van der Waals surface area contributed by atoms with Crippen molar-refractivity contribution >= 4 is 0 Å². The average molecular weight is 132 g/mol. The quantitative estimate of drug-likeness (QED) is 0.357. The van der Waals surface area contributed by atoms with Crippen molar-refractivity contribution in [1.82, 2.24) is 4.90 Å². The summed E-state index contributed by atoms with van der Waals surface area (Å²) in [7, 11) is 1.67. The van der Waals surface area contributed by atoms with E-state index in [1.807, 2.05) is 0 Å². The molecule has 0 bridgehead atoms. The number of hydrogen-bond acceptors (Lipinski definition) is 4. The highest BCUT2D eigenvalue weighted by Gasteiger charge is 2.31. The summed E-state index contributed by atoms with van der Waals surface area (Å²) in [4.78, 5) is 11.3. The third kappa shape index (κ3) is 1.17. The van der Waals surface area contributed by atoms with Gasteiger partial charge in [0.15, 0.2) is 0 Å². The topological polar surface area (TPSA) is 55.6 Å². The van der Waals surface area contributed by atoms with Crippen LogP contribution in [0.2, 0.25) is 0 Å². The van der Waals surface area contributed by atoms with Gasteiger partial charge in [-0.05, 0) is 7.05 Å². The van der Waals surface area contributed by atoms with Crippen LogP contribution in [0.3, 0.4) is 0 Å². The molecule has 52 valence electrons.